The number of primary sulfonamides is 1. The van der Waals surface area contributed by atoms with E-state index < -0.39 is 10.0 Å². The molecule has 7 nitrogen and oxygen atoms in total. The highest BCUT2D eigenvalue weighted by Gasteiger charge is 2.07. The first-order valence-electron chi connectivity index (χ1n) is 9.81. The molecule has 164 valence electrons. The highest BCUT2D eigenvalue weighted by Crippen LogP contribution is 2.10. The number of hydrogen-bond acceptors (Lipinski definition) is 4. The minimum atomic E-state index is -3.73. The molecule has 3 aromatic rings. The van der Waals surface area contributed by atoms with E-state index in [1.807, 2.05) is 12.1 Å². The molecular weight excluding hydrogens is 419 g/mol. The number of nitrogens with two attached hydrogens (primary N) is 1. The molecule has 1 aromatic heterocycles. The molecule has 31 heavy (non-hydrogen) atoms. The van der Waals surface area contributed by atoms with Gasteiger partial charge in [-0.2, -0.15) is 0 Å². The number of sulfonamides is 1. The summed E-state index contributed by atoms with van der Waals surface area (Å²) in [4.78, 5) is 4.60. The Morgan fingerprint density at radius 2 is 1.68 bits per heavy atom. The van der Waals surface area contributed by atoms with Crippen LogP contribution in [0.25, 0.3) is 0 Å². The number of rotatable bonds is 9. The quantitative estimate of drug-likeness (QED) is 0.347. The Balaban J connectivity index is 1.61. The first-order chi connectivity index (χ1) is 14.9. The fraction of sp³-hybridized carbons (Fsp3) is 0.227. The SMILES string of the molecule is NS(=O)(=O)c1ccc(CN=C(NCCc2ccco2)NCCc2ccccc2F)cc1. The molecule has 1 heterocycles. The lowest BCUT2D eigenvalue weighted by molar-refractivity contribution is 0.506. The number of furan rings is 1. The van der Waals surface area contributed by atoms with E-state index in [2.05, 4.69) is 15.6 Å². The van der Waals surface area contributed by atoms with Crippen molar-refractivity contribution in [3.05, 3.63) is 89.6 Å². The van der Waals surface area contributed by atoms with Gasteiger partial charge in [-0.1, -0.05) is 30.3 Å². The minimum Gasteiger partial charge on any atom is -0.469 e. The third-order valence-electron chi connectivity index (χ3n) is 4.56. The number of nitrogens with one attached hydrogen (secondary N) is 2. The largest absolute Gasteiger partial charge is 0.469 e. The molecule has 0 bridgehead atoms. The van der Waals surface area contributed by atoms with Crippen molar-refractivity contribution < 1.29 is 17.2 Å². The number of aliphatic imine (C=N–C) groups is 1. The first kappa shape index (κ1) is 22.5. The number of hydrogen-bond donors (Lipinski definition) is 3. The summed E-state index contributed by atoms with van der Waals surface area (Å²) in [6.45, 7) is 1.43. The van der Waals surface area contributed by atoms with E-state index in [9.17, 15) is 12.8 Å². The number of halogens is 1. The van der Waals surface area contributed by atoms with Crippen LogP contribution in [0.1, 0.15) is 16.9 Å². The van der Waals surface area contributed by atoms with Crippen LogP contribution in [-0.2, 0) is 29.4 Å². The average molecular weight is 445 g/mol. The molecule has 0 saturated carbocycles. The van der Waals surface area contributed by atoms with E-state index in [4.69, 9.17) is 9.56 Å². The Bertz CT molecular complexity index is 1100. The summed E-state index contributed by atoms with van der Waals surface area (Å²) in [5, 5.41) is 11.6. The molecular formula is C22H25FN4O3S. The van der Waals surface area contributed by atoms with Crippen LogP contribution in [0.3, 0.4) is 0 Å². The molecule has 0 unspecified atom stereocenters. The van der Waals surface area contributed by atoms with Crippen molar-refractivity contribution in [2.24, 2.45) is 10.1 Å². The predicted molar refractivity (Wildman–Crippen MR) is 117 cm³/mol. The Labute approximate surface area is 181 Å². The maximum Gasteiger partial charge on any atom is 0.238 e. The lowest BCUT2D eigenvalue weighted by Gasteiger charge is -2.13. The summed E-state index contributed by atoms with van der Waals surface area (Å²) in [5.41, 5.74) is 1.46. The fourth-order valence-electron chi connectivity index (χ4n) is 2.90. The zero-order valence-electron chi connectivity index (χ0n) is 16.9. The van der Waals surface area contributed by atoms with Crippen molar-refractivity contribution in [2.75, 3.05) is 13.1 Å². The number of nitrogens with zero attached hydrogens (tertiary/aromatic N) is 1. The molecule has 0 amide bonds. The van der Waals surface area contributed by atoms with Crippen LogP contribution in [0.2, 0.25) is 0 Å². The van der Waals surface area contributed by atoms with Gasteiger partial charge < -0.3 is 15.1 Å². The van der Waals surface area contributed by atoms with Crippen LogP contribution < -0.4 is 15.8 Å². The third-order valence-corrected chi connectivity index (χ3v) is 5.49. The normalized spacial score (nSPS) is 12.0. The summed E-state index contributed by atoms with van der Waals surface area (Å²) in [6.07, 6.45) is 2.82. The average Bonchev–Trinajstić information content (AvgIpc) is 3.26. The second kappa shape index (κ2) is 10.7. The topological polar surface area (TPSA) is 110 Å². The highest BCUT2D eigenvalue weighted by atomic mass is 32.2. The van der Waals surface area contributed by atoms with E-state index in [0.717, 1.165) is 11.3 Å². The monoisotopic (exact) mass is 444 g/mol. The Kier molecular flexibility index (Phi) is 7.80. The maximum atomic E-state index is 13.8. The summed E-state index contributed by atoms with van der Waals surface area (Å²) in [5.74, 6) is 1.19. The van der Waals surface area contributed by atoms with E-state index in [1.54, 1.807) is 36.6 Å². The standard InChI is InChI=1S/C22H25FN4O3S/c23-21-6-2-1-4-18(21)11-13-25-22(26-14-12-19-5-3-15-30-19)27-16-17-7-9-20(10-8-17)31(24,28)29/h1-10,15H,11-14,16H2,(H2,24,28,29)(H2,25,26,27). The van der Waals surface area contributed by atoms with Crippen LogP contribution in [0.4, 0.5) is 4.39 Å². The van der Waals surface area contributed by atoms with E-state index >= 15 is 0 Å². The smallest absolute Gasteiger partial charge is 0.238 e. The van der Waals surface area contributed by atoms with Gasteiger partial charge in [0.15, 0.2) is 5.96 Å². The Morgan fingerprint density at radius 1 is 0.968 bits per heavy atom. The van der Waals surface area contributed by atoms with Gasteiger partial charge in [0.1, 0.15) is 11.6 Å². The molecule has 0 atom stereocenters. The van der Waals surface area contributed by atoms with Crippen LogP contribution >= 0.6 is 0 Å². The van der Waals surface area contributed by atoms with Crippen molar-refractivity contribution in [1.29, 1.82) is 0 Å². The van der Waals surface area contributed by atoms with Gasteiger partial charge in [0.05, 0.1) is 17.7 Å². The zero-order chi connectivity index (χ0) is 22.1. The number of benzene rings is 2. The lowest BCUT2D eigenvalue weighted by atomic mass is 10.1. The molecule has 3 rings (SSSR count). The lowest BCUT2D eigenvalue weighted by Crippen LogP contribution is -2.39. The molecule has 0 aliphatic carbocycles. The summed E-state index contributed by atoms with van der Waals surface area (Å²) < 4.78 is 41.9. The van der Waals surface area contributed by atoms with Gasteiger partial charge in [0.2, 0.25) is 10.0 Å². The minimum absolute atomic E-state index is 0.0556. The molecule has 9 heteroatoms. The third kappa shape index (κ3) is 7.23. The second-order valence-corrected chi connectivity index (χ2v) is 8.44. The van der Waals surface area contributed by atoms with Gasteiger partial charge in [-0.3, -0.25) is 0 Å². The molecule has 0 radical (unpaired) electrons. The van der Waals surface area contributed by atoms with Crippen LogP contribution in [0.15, 0.2) is 81.2 Å². The van der Waals surface area contributed by atoms with Gasteiger partial charge in [-0.05, 0) is 47.9 Å². The molecule has 0 fully saturated rings. The van der Waals surface area contributed by atoms with Crippen LogP contribution in [0.5, 0.6) is 0 Å². The summed E-state index contributed by atoms with van der Waals surface area (Å²) in [7, 11) is -3.73. The van der Waals surface area contributed by atoms with Gasteiger partial charge in [0.25, 0.3) is 0 Å². The van der Waals surface area contributed by atoms with Crippen LogP contribution in [-0.4, -0.2) is 27.5 Å². The predicted octanol–water partition coefficient (Wildman–Crippen LogP) is 2.59. The van der Waals surface area contributed by atoms with Crippen LogP contribution in [0, 0.1) is 5.82 Å². The zero-order valence-corrected chi connectivity index (χ0v) is 17.7. The number of guanidine groups is 1. The van der Waals surface area contributed by atoms with Crippen molar-refractivity contribution in [3.8, 4) is 0 Å². The highest BCUT2D eigenvalue weighted by molar-refractivity contribution is 7.89. The van der Waals surface area contributed by atoms with Crippen molar-refractivity contribution >= 4 is 16.0 Å². The molecule has 0 aliphatic rings. The van der Waals surface area contributed by atoms with E-state index in [0.29, 0.717) is 44.0 Å². The van der Waals surface area contributed by atoms with Gasteiger partial charge in [-0.15, -0.1) is 0 Å². The van der Waals surface area contributed by atoms with Crippen molar-refractivity contribution in [2.45, 2.75) is 24.3 Å². The van der Waals surface area contributed by atoms with Crippen molar-refractivity contribution in [1.82, 2.24) is 10.6 Å². The molecule has 2 aromatic carbocycles. The molecule has 0 spiro atoms. The summed E-state index contributed by atoms with van der Waals surface area (Å²) >= 11 is 0. The molecule has 0 saturated heterocycles. The van der Waals surface area contributed by atoms with Crippen molar-refractivity contribution in [3.63, 3.8) is 0 Å². The van der Waals surface area contributed by atoms with Gasteiger partial charge >= 0.3 is 0 Å². The molecule has 4 N–H and O–H groups in total. The van der Waals surface area contributed by atoms with E-state index in [-0.39, 0.29) is 10.7 Å². The Hall–Kier alpha value is -3.17. The fourth-order valence-corrected chi connectivity index (χ4v) is 3.42. The van der Waals surface area contributed by atoms with Gasteiger partial charge in [-0.25, -0.2) is 22.9 Å². The first-order valence-corrected chi connectivity index (χ1v) is 11.4. The second-order valence-electron chi connectivity index (χ2n) is 6.88. The Morgan fingerprint density at radius 3 is 2.32 bits per heavy atom. The molecule has 0 aliphatic heterocycles. The van der Waals surface area contributed by atoms with Gasteiger partial charge in [0, 0.05) is 19.5 Å². The summed E-state index contributed by atoms with van der Waals surface area (Å²) in [6, 6.07) is 16.6. The maximum absolute atomic E-state index is 13.8. The van der Waals surface area contributed by atoms with E-state index in [1.165, 1.54) is 18.2 Å².